The topological polar surface area (TPSA) is 365 Å². The number of phosphoric acid groups is 1. The van der Waals surface area contributed by atoms with Gasteiger partial charge in [-0.2, -0.15) is 0 Å². The van der Waals surface area contributed by atoms with Crippen molar-refractivity contribution in [2.75, 3.05) is 26.4 Å². The summed E-state index contributed by atoms with van der Waals surface area (Å²) in [5.74, 6) is -5.03. The van der Waals surface area contributed by atoms with E-state index in [1.807, 2.05) is 27.7 Å². The number of ether oxygens (including phenoxy) is 7. The minimum absolute atomic E-state index is 0.203. The number of carboxylic acids is 1. The van der Waals surface area contributed by atoms with Crippen molar-refractivity contribution in [1.82, 2.24) is 0 Å². The number of primary amides is 2. The number of carboxylic acid groups (broad SMARTS) is 1. The van der Waals surface area contributed by atoms with Gasteiger partial charge in [-0.1, -0.05) is 48.8 Å². The van der Waals surface area contributed by atoms with Crippen LogP contribution in [0.25, 0.3) is 0 Å². The Bertz CT molecular complexity index is 1640. The number of aliphatic carboxylic acids is 1. The average Bonchev–Trinajstić information content (AvgIpc) is 3.20. The summed E-state index contributed by atoms with van der Waals surface area (Å²) in [6, 6.07) is 0. The number of aliphatic hydroxyl groups is 6. The standard InChI is InChI=1S/C39H65N2O21P/c1-18(2)9-7-10-19(3)11-8-12-20(4)13-14-54-25(35(49)50)17-55-63(52,53)62-38-33(31(61-39(41)51)29(47)32(59-38)34(40)48)60-37-22(6)27(45)30(24(16-43)57-37)58-36-21(5)26(44)28(46)23(15-42)56-36/h9,11,13,21-33,36-38,42-47H,7-8,10,12,14-17H2,1-6H3,(H2,40,48)(H2,41,51)(H,49,50)(H,52,53)/b19-11+,20-13-/t21?,22?,23?,24?,25-,26+,27+,28-,29+,30-,31-,32?,33?,36-,37-,38-/m0/s1. The van der Waals surface area contributed by atoms with E-state index in [2.05, 4.69) is 12.2 Å². The Balaban J connectivity index is 1.77. The van der Waals surface area contributed by atoms with Gasteiger partial charge in [-0.05, 0) is 53.4 Å². The largest absolute Gasteiger partial charge is 0.479 e. The summed E-state index contributed by atoms with van der Waals surface area (Å²) in [6.45, 7) is 7.98. The number of rotatable bonds is 23. The van der Waals surface area contributed by atoms with Crippen molar-refractivity contribution in [3.05, 3.63) is 34.9 Å². The molecule has 0 aromatic heterocycles. The molecule has 0 saturated carbocycles. The van der Waals surface area contributed by atoms with Crippen molar-refractivity contribution in [3.8, 4) is 0 Å². The molecule has 17 atom stereocenters. The van der Waals surface area contributed by atoms with Crippen molar-refractivity contribution in [2.45, 2.75) is 153 Å². The number of phosphoric ester groups is 1. The number of carbonyl (C=O) groups excluding carboxylic acids is 2. The maximum Gasteiger partial charge on any atom is 0.474 e. The van der Waals surface area contributed by atoms with Crippen LogP contribution in [0, 0.1) is 11.8 Å². The Labute approximate surface area is 365 Å². The van der Waals surface area contributed by atoms with E-state index in [0.29, 0.717) is 6.42 Å². The van der Waals surface area contributed by atoms with Crippen LogP contribution < -0.4 is 11.5 Å². The summed E-state index contributed by atoms with van der Waals surface area (Å²) in [5, 5.41) is 72.8. The first-order valence-electron chi connectivity index (χ1n) is 20.4. The number of hydrogen-bond acceptors (Lipinski definition) is 19. The first-order valence-corrected chi connectivity index (χ1v) is 21.9. The molecule has 7 unspecified atom stereocenters. The van der Waals surface area contributed by atoms with Crippen molar-refractivity contribution >= 4 is 25.8 Å². The fourth-order valence-corrected chi connectivity index (χ4v) is 7.74. The van der Waals surface area contributed by atoms with Gasteiger partial charge in [0.2, 0.25) is 5.91 Å². The molecule has 3 saturated heterocycles. The highest BCUT2D eigenvalue weighted by Crippen LogP contribution is 2.48. The van der Waals surface area contributed by atoms with E-state index in [4.69, 9.17) is 53.7 Å². The van der Waals surface area contributed by atoms with Gasteiger partial charge in [-0.3, -0.25) is 13.8 Å². The van der Waals surface area contributed by atoms with Crippen LogP contribution in [0.5, 0.6) is 0 Å². The highest BCUT2D eigenvalue weighted by atomic mass is 31.2. The molecule has 3 rings (SSSR count). The van der Waals surface area contributed by atoms with E-state index in [0.717, 1.165) is 24.8 Å². The molecule has 3 heterocycles. The lowest BCUT2D eigenvalue weighted by Crippen LogP contribution is -2.66. The predicted octanol–water partition coefficient (Wildman–Crippen LogP) is -0.396. The van der Waals surface area contributed by atoms with E-state index in [9.17, 15) is 59.6 Å². The predicted molar refractivity (Wildman–Crippen MR) is 216 cm³/mol. The lowest BCUT2D eigenvalue weighted by Gasteiger charge is -2.49. The Morgan fingerprint density at radius 1 is 0.730 bits per heavy atom. The van der Waals surface area contributed by atoms with E-state index in [1.165, 1.54) is 25.0 Å². The molecule has 362 valence electrons. The third-order valence-electron chi connectivity index (χ3n) is 10.7. The Kier molecular flexibility index (Phi) is 21.7. The van der Waals surface area contributed by atoms with Gasteiger partial charge in [-0.25, -0.2) is 14.2 Å². The zero-order chi connectivity index (χ0) is 47.3. The van der Waals surface area contributed by atoms with Crippen molar-refractivity contribution in [2.24, 2.45) is 23.3 Å². The van der Waals surface area contributed by atoms with Crippen LogP contribution >= 0.6 is 7.82 Å². The SMILES string of the molecule is CC(C)=CCC/C(C)=C/CC/C(C)=C\CO[C@@H](COP(=O)(O)O[C@@H]1OC(C(N)=O)[C@H](O)[C@H](OC(N)=O)C1O[C@@H]1OC(CO)[C@H](O[C@@H]2OC(CO)[C@H](O)[C@H](O)C2C)[C@H](O)C1C)C(=O)O. The summed E-state index contributed by atoms with van der Waals surface area (Å²) in [4.78, 5) is 47.2. The smallest absolute Gasteiger partial charge is 0.474 e. The fourth-order valence-electron chi connectivity index (χ4n) is 6.93. The Hall–Kier alpha value is -2.94. The quantitative estimate of drug-likeness (QED) is 0.0460. The molecule has 2 amide bonds. The molecular formula is C39H65N2O21P. The van der Waals surface area contributed by atoms with Crippen molar-refractivity contribution in [3.63, 3.8) is 0 Å². The van der Waals surface area contributed by atoms with Crippen LogP contribution in [-0.2, 0) is 56.4 Å². The molecule has 12 N–H and O–H groups in total. The van der Waals surface area contributed by atoms with E-state index in [1.54, 1.807) is 6.08 Å². The third kappa shape index (κ3) is 15.9. The van der Waals surface area contributed by atoms with Gasteiger partial charge in [0.15, 0.2) is 43.3 Å². The maximum absolute atomic E-state index is 13.4. The summed E-state index contributed by atoms with van der Waals surface area (Å²) < 4.78 is 62.7. The maximum atomic E-state index is 13.4. The number of aliphatic hydroxyl groups excluding tert-OH is 6. The molecule has 23 nitrogen and oxygen atoms in total. The van der Waals surface area contributed by atoms with Crippen LogP contribution in [0.3, 0.4) is 0 Å². The third-order valence-corrected chi connectivity index (χ3v) is 11.7. The number of allylic oxidation sites excluding steroid dienone is 5. The molecule has 0 bridgehead atoms. The van der Waals surface area contributed by atoms with Crippen LogP contribution in [0.1, 0.15) is 67.2 Å². The number of carbonyl (C=O) groups is 3. The summed E-state index contributed by atoms with van der Waals surface area (Å²) >= 11 is 0. The van der Waals surface area contributed by atoms with Gasteiger partial charge < -0.3 is 85.3 Å². The van der Waals surface area contributed by atoms with Crippen molar-refractivity contribution < 1.29 is 102 Å². The van der Waals surface area contributed by atoms with Crippen LogP contribution in [-0.4, -0.2) is 171 Å². The molecule has 24 heteroatoms. The Morgan fingerprint density at radius 2 is 1.29 bits per heavy atom. The first-order chi connectivity index (χ1) is 29.5. The van der Waals surface area contributed by atoms with Gasteiger partial charge in [0.1, 0.15) is 30.5 Å². The summed E-state index contributed by atoms with van der Waals surface area (Å²) in [5.41, 5.74) is 14.0. The van der Waals surface area contributed by atoms with Gasteiger partial charge in [0.25, 0.3) is 0 Å². The number of nitrogens with two attached hydrogens (primary N) is 2. The molecule has 0 radical (unpaired) electrons. The zero-order valence-electron chi connectivity index (χ0n) is 36.1. The van der Waals surface area contributed by atoms with Crippen LogP contribution in [0.2, 0.25) is 0 Å². The minimum Gasteiger partial charge on any atom is -0.479 e. The fraction of sp³-hybridized carbons (Fsp3) is 0.769. The second kappa shape index (κ2) is 25.1. The Morgan fingerprint density at radius 3 is 1.84 bits per heavy atom. The van der Waals surface area contributed by atoms with Gasteiger partial charge in [0, 0.05) is 11.8 Å². The van der Waals surface area contributed by atoms with Crippen LogP contribution in [0.15, 0.2) is 34.9 Å². The lowest BCUT2D eigenvalue weighted by atomic mass is 9.90. The lowest BCUT2D eigenvalue weighted by molar-refractivity contribution is -0.367. The second-order valence-electron chi connectivity index (χ2n) is 16.1. The van der Waals surface area contributed by atoms with Gasteiger partial charge in [0.05, 0.1) is 38.6 Å². The highest BCUT2D eigenvalue weighted by Gasteiger charge is 2.56. The second-order valence-corrected chi connectivity index (χ2v) is 17.5. The molecule has 0 aromatic carbocycles. The molecule has 0 aliphatic carbocycles. The monoisotopic (exact) mass is 928 g/mol. The van der Waals surface area contributed by atoms with Gasteiger partial charge >= 0.3 is 19.9 Å². The normalized spacial score (nSPS) is 35.6. The number of hydrogen-bond donors (Lipinski definition) is 10. The number of amides is 2. The average molecular weight is 929 g/mol. The first kappa shape index (κ1) is 54.4. The molecule has 3 aliphatic rings. The van der Waals surface area contributed by atoms with E-state index in [-0.39, 0.29) is 6.61 Å². The molecular weight excluding hydrogens is 863 g/mol. The van der Waals surface area contributed by atoms with Gasteiger partial charge in [-0.15, -0.1) is 0 Å². The molecule has 0 spiro atoms. The molecule has 63 heavy (non-hydrogen) atoms. The zero-order valence-corrected chi connectivity index (χ0v) is 37.0. The highest BCUT2D eigenvalue weighted by molar-refractivity contribution is 7.47. The summed E-state index contributed by atoms with van der Waals surface area (Å²) in [7, 11) is -5.47. The molecule has 3 aliphatic heterocycles. The molecule has 3 fully saturated rings. The minimum atomic E-state index is -5.47. The van der Waals surface area contributed by atoms with E-state index < -0.39 is 143 Å². The molecule has 0 aromatic rings. The van der Waals surface area contributed by atoms with Crippen molar-refractivity contribution in [1.29, 1.82) is 0 Å². The summed E-state index contributed by atoms with van der Waals surface area (Å²) in [6.07, 6.45) is -16.5. The van der Waals surface area contributed by atoms with E-state index >= 15 is 0 Å². The van der Waals surface area contributed by atoms with Crippen LogP contribution in [0.4, 0.5) is 4.79 Å².